The van der Waals surface area contributed by atoms with Crippen LogP contribution < -0.4 is 5.32 Å². The predicted molar refractivity (Wildman–Crippen MR) is 101 cm³/mol. The third-order valence-corrected chi connectivity index (χ3v) is 4.92. The van der Waals surface area contributed by atoms with E-state index in [9.17, 15) is 4.79 Å². The molecule has 1 atom stereocenters. The van der Waals surface area contributed by atoms with Gasteiger partial charge >= 0.3 is 0 Å². The Morgan fingerprint density at radius 3 is 2.65 bits per heavy atom. The minimum absolute atomic E-state index is 0.0184. The van der Waals surface area contributed by atoms with Crippen LogP contribution >= 0.6 is 0 Å². The molecule has 1 amide bonds. The average molecular weight is 350 g/mol. The first-order chi connectivity index (χ1) is 12.6. The van der Waals surface area contributed by atoms with E-state index >= 15 is 0 Å². The van der Waals surface area contributed by atoms with Crippen LogP contribution in [0.3, 0.4) is 0 Å². The fourth-order valence-electron chi connectivity index (χ4n) is 3.35. The van der Waals surface area contributed by atoms with E-state index in [1.54, 1.807) is 10.9 Å². The van der Waals surface area contributed by atoms with Crippen LogP contribution in [0.15, 0.2) is 36.9 Å². The number of amides is 1. The number of hydrogen-bond acceptors (Lipinski definition) is 5. The summed E-state index contributed by atoms with van der Waals surface area (Å²) in [6.07, 6.45) is 9.59. The van der Waals surface area contributed by atoms with E-state index in [0.29, 0.717) is 5.82 Å². The zero-order valence-corrected chi connectivity index (χ0v) is 15.0. The summed E-state index contributed by atoms with van der Waals surface area (Å²) >= 11 is 0. The number of nitrogens with one attached hydrogen (secondary N) is 1. The largest absolute Gasteiger partial charge is 0.309 e. The van der Waals surface area contributed by atoms with Crippen LogP contribution in [0.25, 0.3) is 22.0 Å². The molecule has 0 saturated carbocycles. The van der Waals surface area contributed by atoms with Crippen molar-refractivity contribution in [3.05, 3.63) is 36.9 Å². The lowest BCUT2D eigenvalue weighted by Gasteiger charge is -2.22. The van der Waals surface area contributed by atoms with Crippen LogP contribution in [0.2, 0.25) is 0 Å². The first kappa shape index (κ1) is 16.7. The molecule has 134 valence electrons. The second kappa shape index (κ2) is 6.84. The number of rotatable bonds is 4. The van der Waals surface area contributed by atoms with E-state index in [4.69, 9.17) is 0 Å². The van der Waals surface area contributed by atoms with Crippen molar-refractivity contribution in [3.63, 3.8) is 0 Å². The topological polar surface area (TPSA) is 75.9 Å². The van der Waals surface area contributed by atoms with Crippen molar-refractivity contribution < 1.29 is 4.79 Å². The number of hydrogen-bond donors (Lipinski definition) is 1. The average Bonchev–Trinajstić information content (AvgIpc) is 3.32. The molecular formula is C19H22N6O. The monoisotopic (exact) mass is 350 g/mol. The molecule has 0 aliphatic carbocycles. The molecule has 3 aromatic heterocycles. The van der Waals surface area contributed by atoms with E-state index in [-0.39, 0.29) is 11.9 Å². The number of pyridine rings is 2. The van der Waals surface area contributed by atoms with Crippen LogP contribution in [0.4, 0.5) is 5.82 Å². The first-order valence-corrected chi connectivity index (χ1v) is 8.90. The molecule has 7 heteroatoms. The summed E-state index contributed by atoms with van der Waals surface area (Å²) in [5.74, 6) is 0.536. The highest BCUT2D eigenvalue weighted by atomic mass is 16.2. The minimum Gasteiger partial charge on any atom is -0.309 e. The molecule has 0 bridgehead atoms. The Bertz CT molecular complexity index is 944. The normalized spacial score (nSPS) is 16.1. The van der Waals surface area contributed by atoms with Crippen molar-refractivity contribution >= 4 is 22.6 Å². The maximum Gasteiger partial charge on any atom is 0.242 e. The Labute approximate surface area is 152 Å². The third kappa shape index (κ3) is 3.30. The molecule has 1 aliphatic rings. The number of carbonyl (C=O) groups is 1. The van der Waals surface area contributed by atoms with Crippen molar-refractivity contribution in [2.24, 2.45) is 7.05 Å². The lowest BCUT2D eigenvalue weighted by atomic mass is 10.1. The summed E-state index contributed by atoms with van der Waals surface area (Å²) in [5, 5.41) is 8.08. The van der Waals surface area contributed by atoms with E-state index in [0.717, 1.165) is 48.0 Å². The van der Waals surface area contributed by atoms with Gasteiger partial charge in [0, 0.05) is 36.0 Å². The van der Waals surface area contributed by atoms with Gasteiger partial charge in [-0.15, -0.1) is 0 Å². The van der Waals surface area contributed by atoms with Gasteiger partial charge in [0.25, 0.3) is 0 Å². The highest BCUT2D eigenvalue weighted by Crippen LogP contribution is 2.23. The summed E-state index contributed by atoms with van der Waals surface area (Å²) in [7, 11) is 1.89. The maximum absolute atomic E-state index is 12.5. The molecule has 26 heavy (non-hydrogen) atoms. The van der Waals surface area contributed by atoms with Gasteiger partial charge in [0.2, 0.25) is 5.91 Å². The van der Waals surface area contributed by atoms with Crippen LogP contribution in [-0.4, -0.2) is 49.7 Å². The van der Waals surface area contributed by atoms with Gasteiger partial charge in [-0.2, -0.15) is 5.10 Å². The number of fused-ring (bicyclic) bond motifs is 1. The molecule has 1 N–H and O–H groups in total. The summed E-state index contributed by atoms with van der Waals surface area (Å²) in [5.41, 5.74) is 2.79. The quantitative estimate of drug-likeness (QED) is 0.782. The molecule has 4 rings (SSSR count). The Kier molecular flexibility index (Phi) is 4.38. The number of likely N-dealkylation sites (tertiary alicyclic amines) is 1. The summed E-state index contributed by atoms with van der Waals surface area (Å²) in [4.78, 5) is 23.5. The Balaban J connectivity index is 1.57. The second-order valence-electron chi connectivity index (χ2n) is 6.80. The van der Waals surface area contributed by atoms with Crippen molar-refractivity contribution in [1.29, 1.82) is 0 Å². The zero-order valence-electron chi connectivity index (χ0n) is 15.0. The van der Waals surface area contributed by atoms with Gasteiger partial charge in [-0.05, 0) is 45.0 Å². The van der Waals surface area contributed by atoms with Gasteiger partial charge in [-0.25, -0.2) is 4.98 Å². The molecule has 0 aromatic carbocycles. The van der Waals surface area contributed by atoms with Gasteiger partial charge < -0.3 is 5.32 Å². The highest BCUT2D eigenvalue weighted by molar-refractivity contribution is 5.95. The SMILES string of the molecule is C[C@@H](C(=O)Nc1cc2cc(-c3cnn(C)c3)cnc2cn1)N1CCCC1. The summed E-state index contributed by atoms with van der Waals surface area (Å²) < 4.78 is 1.76. The van der Waals surface area contributed by atoms with Gasteiger partial charge in [0.15, 0.2) is 0 Å². The Morgan fingerprint density at radius 2 is 1.92 bits per heavy atom. The van der Waals surface area contributed by atoms with Crippen molar-refractivity contribution in [3.8, 4) is 11.1 Å². The number of carbonyl (C=O) groups excluding carboxylic acids is 1. The Hall–Kier alpha value is -2.80. The first-order valence-electron chi connectivity index (χ1n) is 8.90. The van der Waals surface area contributed by atoms with Gasteiger partial charge in [0.05, 0.1) is 24.0 Å². The molecule has 0 unspecified atom stereocenters. The molecule has 0 radical (unpaired) electrons. The van der Waals surface area contributed by atoms with E-state index in [2.05, 4.69) is 25.3 Å². The molecule has 1 saturated heterocycles. The standard InChI is InChI=1S/C19H22N6O/c1-13(25-5-3-4-6-25)19(26)23-18-8-14-7-15(9-20-17(14)11-21-18)16-10-22-24(2)12-16/h7-13H,3-6H2,1-2H3,(H,21,23,26)/t13-/m0/s1. The summed E-state index contributed by atoms with van der Waals surface area (Å²) in [6, 6.07) is 3.77. The van der Waals surface area contributed by atoms with Crippen LogP contribution in [0, 0.1) is 0 Å². The number of anilines is 1. The molecule has 1 fully saturated rings. The molecule has 3 aromatic rings. The van der Waals surface area contributed by atoms with Crippen LogP contribution in [0.5, 0.6) is 0 Å². The fourth-order valence-corrected chi connectivity index (χ4v) is 3.35. The fraction of sp³-hybridized carbons (Fsp3) is 0.368. The van der Waals surface area contributed by atoms with E-state index in [1.165, 1.54) is 0 Å². The smallest absolute Gasteiger partial charge is 0.242 e. The number of nitrogens with zero attached hydrogens (tertiary/aromatic N) is 5. The van der Waals surface area contributed by atoms with E-state index in [1.807, 2.05) is 44.7 Å². The zero-order chi connectivity index (χ0) is 18.1. The Morgan fingerprint density at radius 1 is 1.12 bits per heavy atom. The van der Waals surface area contributed by atoms with E-state index < -0.39 is 0 Å². The van der Waals surface area contributed by atoms with Crippen LogP contribution in [0.1, 0.15) is 19.8 Å². The summed E-state index contributed by atoms with van der Waals surface area (Å²) in [6.45, 7) is 3.92. The van der Waals surface area contributed by atoms with Gasteiger partial charge in [-0.3, -0.25) is 19.4 Å². The lowest BCUT2D eigenvalue weighted by molar-refractivity contribution is -0.120. The van der Waals surface area contributed by atoms with Gasteiger partial charge in [0.1, 0.15) is 5.82 Å². The molecular weight excluding hydrogens is 328 g/mol. The highest BCUT2D eigenvalue weighted by Gasteiger charge is 2.24. The van der Waals surface area contributed by atoms with Gasteiger partial charge in [-0.1, -0.05) is 0 Å². The van der Waals surface area contributed by atoms with Crippen molar-refractivity contribution in [2.45, 2.75) is 25.8 Å². The lowest BCUT2D eigenvalue weighted by Crippen LogP contribution is -2.40. The minimum atomic E-state index is -0.144. The third-order valence-electron chi connectivity index (χ3n) is 4.92. The number of aromatic nitrogens is 4. The molecule has 4 heterocycles. The molecule has 1 aliphatic heterocycles. The van der Waals surface area contributed by atoms with Crippen LogP contribution in [-0.2, 0) is 11.8 Å². The van der Waals surface area contributed by atoms with Crippen molar-refractivity contribution in [1.82, 2.24) is 24.6 Å². The second-order valence-corrected chi connectivity index (χ2v) is 6.80. The number of aryl methyl sites for hydroxylation is 1. The van der Waals surface area contributed by atoms with Crippen molar-refractivity contribution in [2.75, 3.05) is 18.4 Å². The maximum atomic E-state index is 12.5. The molecule has 7 nitrogen and oxygen atoms in total. The predicted octanol–water partition coefficient (Wildman–Crippen LogP) is 2.45. The molecule has 0 spiro atoms.